The molecule has 3 aliphatic carbocycles. The molecule has 0 bridgehead atoms. The molecular formula is C22H24ClNO4. The standard InChI is InChI=1S/C22H24ClNO4/c1-2-19(25)24(22(20(26)27)10-3-4-11-22)15-6-7-18(17(23)12-15)28-16-13-21(14-16)8-5-9-21/h1,6-7,12,16H,3-5,8-11,13-14H2,(H,26,27). The van der Waals surface area contributed by atoms with Crippen LogP contribution in [0.2, 0.25) is 5.02 Å². The smallest absolute Gasteiger partial charge is 0.330 e. The molecule has 0 heterocycles. The fourth-order valence-corrected chi connectivity index (χ4v) is 5.31. The molecule has 1 N–H and O–H groups in total. The summed E-state index contributed by atoms with van der Waals surface area (Å²) in [6.45, 7) is 0. The van der Waals surface area contributed by atoms with Gasteiger partial charge in [-0.3, -0.25) is 9.69 Å². The molecule has 148 valence electrons. The van der Waals surface area contributed by atoms with E-state index in [1.165, 1.54) is 24.2 Å². The largest absolute Gasteiger partial charge is 0.489 e. The molecule has 4 rings (SSSR count). The zero-order chi connectivity index (χ0) is 19.9. The fourth-order valence-electron chi connectivity index (χ4n) is 5.09. The Morgan fingerprint density at radius 2 is 1.86 bits per heavy atom. The first-order chi connectivity index (χ1) is 13.4. The molecule has 5 nitrogen and oxygen atoms in total. The molecule has 1 spiro atoms. The molecule has 1 amide bonds. The lowest BCUT2D eigenvalue weighted by Crippen LogP contribution is -2.55. The summed E-state index contributed by atoms with van der Waals surface area (Å²) in [5.74, 6) is 0.936. The van der Waals surface area contributed by atoms with Crippen LogP contribution in [-0.2, 0) is 9.59 Å². The number of nitrogens with zero attached hydrogens (tertiary/aromatic N) is 1. The third-order valence-electron chi connectivity index (χ3n) is 6.79. The molecule has 0 atom stereocenters. The molecule has 1 aromatic rings. The van der Waals surface area contributed by atoms with Crippen LogP contribution in [0.5, 0.6) is 5.75 Å². The number of carbonyl (C=O) groups is 2. The topological polar surface area (TPSA) is 66.8 Å². The van der Waals surface area contributed by atoms with Gasteiger partial charge in [-0.15, -0.1) is 6.42 Å². The number of amides is 1. The number of halogens is 1. The van der Waals surface area contributed by atoms with Crippen molar-refractivity contribution in [1.29, 1.82) is 0 Å². The van der Waals surface area contributed by atoms with Crippen LogP contribution < -0.4 is 9.64 Å². The lowest BCUT2D eigenvalue weighted by molar-refractivity contribution is -0.144. The first-order valence-corrected chi connectivity index (χ1v) is 10.3. The van der Waals surface area contributed by atoms with Crippen molar-refractivity contribution in [3.05, 3.63) is 23.2 Å². The average Bonchev–Trinajstić information content (AvgIpc) is 3.08. The molecule has 0 unspecified atom stereocenters. The van der Waals surface area contributed by atoms with Gasteiger partial charge in [0.2, 0.25) is 0 Å². The Labute approximate surface area is 170 Å². The summed E-state index contributed by atoms with van der Waals surface area (Å²) < 4.78 is 6.04. The monoisotopic (exact) mass is 401 g/mol. The van der Waals surface area contributed by atoms with Gasteiger partial charge in [0, 0.05) is 5.69 Å². The minimum atomic E-state index is -1.32. The van der Waals surface area contributed by atoms with E-state index in [1.807, 2.05) is 0 Å². The predicted molar refractivity (Wildman–Crippen MR) is 107 cm³/mol. The second-order valence-electron chi connectivity index (χ2n) is 8.45. The number of carboxylic acids is 1. The summed E-state index contributed by atoms with van der Waals surface area (Å²) in [5.41, 5.74) is -0.419. The number of anilines is 1. The quantitative estimate of drug-likeness (QED) is 0.742. The number of ether oxygens (including phenoxy) is 1. The van der Waals surface area contributed by atoms with Crippen molar-refractivity contribution in [3.8, 4) is 18.1 Å². The average molecular weight is 402 g/mol. The maximum absolute atomic E-state index is 12.5. The van der Waals surface area contributed by atoms with E-state index in [0.717, 1.165) is 25.7 Å². The lowest BCUT2D eigenvalue weighted by atomic mass is 9.55. The Balaban J connectivity index is 1.57. The first kappa shape index (κ1) is 19.1. The fraction of sp³-hybridized carbons (Fsp3) is 0.545. The SMILES string of the molecule is C#CC(=O)N(c1ccc(OC2CC3(CCC3)C2)c(Cl)c1)C1(C(=O)O)CCCC1. The van der Waals surface area contributed by atoms with Crippen molar-refractivity contribution in [3.63, 3.8) is 0 Å². The molecule has 3 fully saturated rings. The van der Waals surface area contributed by atoms with Gasteiger partial charge in [-0.2, -0.15) is 0 Å². The number of rotatable bonds is 5. The van der Waals surface area contributed by atoms with E-state index in [9.17, 15) is 14.7 Å². The highest BCUT2D eigenvalue weighted by Crippen LogP contribution is 2.57. The zero-order valence-corrected chi connectivity index (χ0v) is 16.5. The highest BCUT2D eigenvalue weighted by molar-refractivity contribution is 6.32. The van der Waals surface area contributed by atoms with Crippen LogP contribution >= 0.6 is 11.6 Å². The van der Waals surface area contributed by atoms with E-state index in [4.69, 9.17) is 22.8 Å². The van der Waals surface area contributed by atoms with Crippen LogP contribution in [0.3, 0.4) is 0 Å². The van der Waals surface area contributed by atoms with Gasteiger partial charge >= 0.3 is 11.9 Å². The Hall–Kier alpha value is -2.19. The number of terminal acetylenes is 1. The van der Waals surface area contributed by atoms with Crippen molar-refractivity contribution < 1.29 is 19.4 Å². The maximum Gasteiger partial charge on any atom is 0.330 e. The highest BCUT2D eigenvalue weighted by Gasteiger charge is 2.50. The van der Waals surface area contributed by atoms with E-state index in [1.54, 1.807) is 18.2 Å². The van der Waals surface area contributed by atoms with Crippen molar-refractivity contribution in [2.75, 3.05) is 4.90 Å². The number of benzene rings is 1. The molecule has 1 aromatic carbocycles. The summed E-state index contributed by atoms with van der Waals surface area (Å²) in [4.78, 5) is 25.8. The van der Waals surface area contributed by atoms with Crippen LogP contribution in [0.15, 0.2) is 18.2 Å². The van der Waals surface area contributed by atoms with Crippen LogP contribution in [-0.4, -0.2) is 28.6 Å². The minimum Gasteiger partial charge on any atom is -0.489 e. The predicted octanol–water partition coefficient (Wildman–Crippen LogP) is 4.42. The molecule has 3 saturated carbocycles. The van der Waals surface area contributed by atoms with Crippen molar-refractivity contribution in [2.24, 2.45) is 5.41 Å². The van der Waals surface area contributed by atoms with Gasteiger partial charge in [-0.05, 0) is 68.1 Å². The molecule has 28 heavy (non-hydrogen) atoms. The van der Waals surface area contributed by atoms with Crippen LogP contribution in [0.4, 0.5) is 5.69 Å². The number of carbonyl (C=O) groups excluding carboxylic acids is 1. The third kappa shape index (κ3) is 3.04. The Bertz CT molecular complexity index is 841. The minimum absolute atomic E-state index is 0.173. The number of carboxylic acid groups (broad SMARTS) is 1. The van der Waals surface area contributed by atoms with Gasteiger partial charge in [0.15, 0.2) is 0 Å². The van der Waals surface area contributed by atoms with Gasteiger partial charge in [0.25, 0.3) is 0 Å². The Morgan fingerprint density at radius 3 is 2.36 bits per heavy atom. The molecule has 0 radical (unpaired) electrons. The van der Waals surface area contributed by atoms with Crippen LogP contribution in [0.25, 0.3) is 0 Å². The second-order valence-corrected chi connectivity index (χ2v) is 8.85. The van der Waals surface area contributed by atoms with Gasteiger partial charge in [-0.25, -0.2) is 4.79 Å². The number of hydrogen-bond donors (Lipinski definition) is 1. The highest BCUT2D eigenvalue weighted by atomic mass is 35.5. The van der Waals surface area contributed by atoms with E-state index in [2.05, 4.69) is 5.92 Å². The normalized spacial score (nSPS) is 22.0. The summed E-state index contributed by atoms with van der Waals surface area (Å²) >= 11 is 6.44. The zero-order valence-electron chi connectivity index (χ0n) is 15.7. The molecule has 3 aliphatic rings. The van der Waals surface area contributed by atoms with Crippen LogP contribution in [0.1, 0.15) is 57.8 Å². The Morgan fingerprint density at radius 1 is 1.18 bits per heavy atom. The maximum atomic E-state index is 12.5. The lowest BCUT2D eigenvalue weighted by Gasteiger charge is -2.53. The number of hydrogen-bond acceptors (Lipinski definition) is 3. The van der Waals surface area contributed by atoms with Crippen molar-refractivity contribution in [2.45, 2.75) is 69.4 Å². The van der Waals surface area contributed by atoms with E-state index in [-0.39, 0.29) is 6.10 Å². The van der Waals surface area contributed by atoms with E-state index in [0.29, 0.717) is 34.7 Å². The van der Waals surface area contributed by atoms with Gasteiger partial charge < -0.3 is 9.84 Å². The molecule has 0 saturated heterocycles. The molecule has 6 heteroatoms. The summed E-state index contributed by atoms with van der Waals surface area (Å²) in [6, 6.07) is 4.98. The van der Waals surface area contributed by atoms with Crippen LogP contribution in [0, 0.1) is 17.8 Å². The Kier molecular flexibility index (Phi) is 4.79. The van der Waals surface area contributed by atoms with E-state index >= 15 is 0 Å². The molecule has 0 aliphatic heterocycles. The summed E-state index contributed by atoms with van der Waals surface area (Å²) in [5, 5.41) is 10.2. The van der Waals surface area contributed by atoms with Gasteiger partial charge in [0.05, 0.1) is 11.1 Å². The second kappa shape index (κ2) is 7.00. The summed E-state index contributed by atoms with van der Waals surface area (Å²) in [6.07, 6.45) is 13.8. The van der Waals surface area contributed by atoms with Crippen molar-refractivity contribution in [1.82, 2.24) is 0 Å². The summed E-state index contributed by atoms with van der Waals surface area (Å²) in [7, 11) is 0. The first-order valence-electron chi connectivity index (χ1n) is 9.90. The van der Waals surface area contributed by atoms with E-state index < -0.39 is 17.4 Å². The molecular weight excluding hydrogens is 378 g/mol. The third-order valence-corrected chi connectivity index (χ3v) is 7.08. The van der Waals surface area contributed by atoms with Gasteiger partial charge in [-0.1, -0.05) is 30.9 Å². The van der Waals surface area contributed by atoms with Gasteiger partial charge in [0.1, 0.15) is 11.3 Å². The molecule has 0 aromatic heterocycles. The van der Waals surface area contributed by atoms with Crippen molar-refractivity contribution >= 4 is 29.2 Å². The number of aliphatic carboxylic acids is 1.